The van der Waals surface area contributed by atoms with Crippen molar-refractivity contribution in [3.8, 4) is 0 Å². The minimum Gasteiger partial charge on any atom is -0.357 e. The molecule has 1 atom stereocenters. The maximum Gasteiger partial charge on any atom is 0.193 e. The van der Waals surface area contributed by atoms with Gasteiger partial charge in [0.15, 0.2) is 5.96 Å². The fourth-order valence-electron chi connectivity index (χ4n) is 2.74. The number of guanidine groups is 1. The van der Waals surface area contributed by atoms with E-state index in [9.17, 15) is 0 Å². The highest BCUT2D eigenvalue weighted by atomic mass is 127. The third-order valence-corrected chi connectivity index (χ3v) is 4.79. The first-order valence-electron chi connectivity index (χ1n) is 8.13. The normalized spacial score (nSPS) is 19.0. The van der Waals surface area contributed by atoms with E-state index in [0.29, 0.717) is 0 Å². The Morgan fingerprint density at radius 3 is 3.00 bits per heavy atom. The summed E-state index contributed by atoms with van der Waals surface area (Å²) in [5, 5.41) is 6.80. The molecule has 1 saturated heterocycles. The van der Waals surface area contributed by atoms with Gasteiger partial charge in [0.1, 0.15) is 0 Å². The van der Waals surface area contributed by atoms with Crippen molar-refractivity contribution in [2.45, 2.75) is 46.5 Å². The summed E-state index contributed by atoms with van der Waals surface area (Å²) >= 11 is 1.76. The van der Waals surface area contributed by atoms with Crippen LogP contribution in [0.15, 0.2) is 10.4 Å². The number of thiazole rings is 1. The molecule has 1 aromatic heterocycles. The van der Waals surface area contributed by atoms with Crippen molar-refractivity contribution in [2.75, 3.05) is 26.2 Å². The Balaban J connectivity index is 0.00000242. The average molecular weight is 436 g/mol. The molecule has 1 unspecified atom stereocenters. The van der Waals surface area contributed by atoms with E-state index >= 15 is 0 Å². The maximum absolute atomic E-state index is 4.80. The van der Waals surface area contributed by atoms with Crippen molar-refractivity contribution in [2.24, 2.45) is 10.9 Å². The first kappa shape index (κ1) is 19.7. The molecule has 22 heavy (non-hydrogen) atoms. The fraction of sp³-hybridized carbons (Fsp3) is 0.750. The summed E-state index contributed by atoms with van der Waals surface area (Å²) in [6.07, 6.45) is 4.74. The quantitative estimate of drug-likeness (QED) is 0.331. The van der Waals surface area contributed by atoms with Gasteiger partial charge in [0.05, 0.1) is 5.01 Å². The van der Waals surface area contributed by atoms with Crippen molar-refractivity contribution in [1.29, 1.82) is 0 Å². The van der Waals surface area contributed by atoms with Crippen LogP contribution in [0.25, 0.3) is 0 Å². The molecule has 1 N–H and O–H groups in total. The molecule has 0 aliphatic carbocycles. The zero-order chi connectivity index (χ0) is 15.1. The van der Waals surface area contributed by atoms with E-state index in [1.54, 1.807) is 11.3 Å². The third-order valence-electron chi connectivity index (χ3n) is 3.77. The molecule has 2 rings (SSSR count). The van der Waals surface area contributed by atoms with Crippen molar-refractivity contribution < 1.29 is 0 Å². The average Bonchev–Trinajstić information content (AvgIpc) is 2.88. The molecule has 4 nitrogen and oxygen atoms in total. The van der Waals surface area contributed by atoms with E-state index in [2.05, 4.69) is 41.4 Å². The molecule has 0 bridgehead atoms. The number of nitrogens with zero attached hydrogens (tertiary/aromatic N) is 3. The summed E-state index contributed by atoms with van der Waals surface area (Å²) in [6, 6.07) is 0. The standard InChI is InChI=1S/C16H28N4S.HI/c1-4-17-16(20-10-6-7-13(2)11-20)18-9-5-8-15-19-14(3)12-21-15;/h12-13H,4-11H2,1-3H3,(H,17,18);1H. The van der Waals surface area contributed by atoms with Crippen molar-refractivity contribution >= 4 is 41.3 Å². The van der Waals surface area contributed by atoms with Gasteiger partial charge in [-0.1, -0.05) is 6.92 Å². The summed E-state index contributed by atoms with van der Waals surface area (Å²) in [6.45, 7) is 10.6. The zero-order valence-electron chi connectivity index (χ0n) is 14.0. The largest absolute Gasteiger partial charge is 0.357 e. The van der Waals surface area contributed by atoms with Gasteiger partial charge < -0.3 is 10.2 Å². The van der Waals surface area contributed by atoms with E-state index in [1.165, 1.54) is 17.8 Å². The molecule has 0 saturated carbocycles. The molecule has 0 amide bonds. The van der Waals surface area contributed by atoms with Gasteiger partial charge in [-0.25, -0.2) is 4.98 Å². The molecule has 1 aliphatic rings. The monoisotopic (exact) mass is 436 g/mol. The Morgan fingerprint density at radius 1 is 1.55 bits per heavy atom. The van der Waals surface area contributed by atoms with E-state index in [0.717, 1.165) is 56.6 Å². The lowest BCUT2D eigenvalue weighted by atomic mass is 10.0. The third kappa shape index (κ3) is 6.40. The topological polar surface area (TPSA) is 40.5 Å². The van der Waals surface area contributed by atoms with Crippen LogP contribution in [0.5, 0.6) is 0 Å². The number of aliphatic imine (C=N–C) groups is 1. The number of hydrogen-bond donors (Lipinski definition) is 1. The van der Waals surface area contributed by atoms with E-state index in [1.807, 2.05) is 0 Å². The van der Waals surface area contributed by atoms with E-state index in [4.69, 9.17) is 4.99 Å². The number of hydrogen-bond acceptors (Lipinski definition) is 3. The molecule has 0 aromatic carbocycles. The smallest absolute Gasteiger partial charge is 0.193 e. The molecule has 0 spiro atoms. The van der Waals surface area contributed by atoms with Crippen molar-refractivity contribution in [3.63, 3.8) is 0 Å². The van der Waals surface area contributed by atoms with Gasteiger partial charge in [-0.3, -0.25) is 4.99 Å². The summed E-state index contributed by atoms with van der Waals surface area (Å²) in [4.78, 5) is 11.7. The fourth-order valence-corrected chi connectivity index (χ4v) is 3.56. The highest BCUT2D eigenvalue weighted by Crippen LogP contribution is 2.15. The Hall–Kier alpha value is -0.370. The van der Waals surface area contributed by atoms with Crippen LogP contribution in [-0.2, 0) is 6.42 Å². The number of halogens is 1. The lowest BCUT2D eigenvalue weighted by Crippen LogP contribution is -2.46. The first-order chi connectivity index (χ1) is 10.2. The number of nitrogens with one attached hydrogen (secondary N) is 1. The highest BCUT2D eigenvalue weighted by molar-refractivity contribution is 14.0. The lowest BCUT2D eigenvalue weighted by molar-refractivity contribution is 0.266. The Morgan fingerprint density at radius 2 is 2.36 bits per heavy atom. The van der Waals surface area contributed by atoms with E-state index in [-0.39, 0.29) is 24.0 Å². The van der Waals surface area contributed by atoms with Crippen molar-refractivity contribution in [3.05, 3.63) is 16.1 Å². The molecule has 1 aromatic rings. The first-order valence-corrected chi connectivity index (χ1v) is 9.01. The summed E-state index contributed by atoms with van der Waals surface area (Å²) in [5.41, 5.74) is 1.13. The predicted molar refractivity (Wildman–Crippen MR) is 107 cm³/mol. The lowest BCUT2D eigenvalue weighted by Gasteiger charge is -2.33. The Bertz CT molecular complexity index is 461. The number of piperidine rings is 1. The maximum atomic E-state index is 4.80. The molecule has 1 fully saturated rings. The second kappa shape index (κ2) is 10.4. The van der Waals surface area contributed by atoms with Crippen LogP contribution in [0.3, 0.4) is 0 Å². The van der Waals surface area contributed by atoms with Crippen LogP contribution in [0.1, 0.15) is 43.8 Å². The predicted octanol–water partition coefficient (Wildman–Crippen LogP) is 3.70. The molecule has 2 heterocycles. The highest BCUT2D eigenvalue weighted by Gasteiger charge is 2.18. The number of likely N-dealkylation sites (tertiary alicyclic amines) is 1. The molecule has 1 aliphatic heterocycles. The number of aryl methyl sites for hydroxylation is 2. The van der Waals surface area contributed by atoms with E-state index < -0.39 is 0 Å². The Labute approximate surface area is 155 Å². The van der Waals surface area contributed by atoms with Gasteiger partial charge in [0.25, 0.3) is 0 Å². The molecule has 6 heteroatoms. The van der Waals surface area contributed by atoms with Crippen LogP contribution in [0.4, 0.5) is 0 Å². The minimum absolute atomic E-state index is 0. The summed E-state index contributed by atoms with van der Waals surface area (Å²) in [5.74, 6) is 1.88. The van der Waals surface area contributed by atoms with Gasteiger partial charge in [0.2, 0.25) is 0 Å². The second-order valence-electron chi connectivity index (χ2n) is 5.92. The van der Waals surface area contributed by atoms with Crippen LogP contribution >= 0.6 is 35.3 Å². The molecular weight excluding hydrogens is 407 g/mol. The van der Waals surface area contributed by atoms with Crippen LogP contribution < -0.4 is 5.32 Å². The molecule has 0 radical (unpaired) electrons. The van der Waals surface area contributed by atoms with Crippen LogP contribution in [0.2, 0.25) is 0 Å². The van der Waals surface area contributed by atoms with Gasteiger partial charge in [-0.15, -0.1) is 35.3 Å². The minimum atomic E-state index is 0. The van der Waals surface area contributed by atoms with Gasteiger partial charge in [-0.05, 0) is 39.0 Å². The zero-order valence-corrected chi connectivity index (χ0v) is 17.1. The summed E-state index contributed by atoms with van der Waals surface area (Å²) < 4.78 is 0. The molecular formula is C16H29IN4S. The Kier molecular flexibility index (Phi) is 9.31. The number of aromatic nitrogens is 1. The van der Waals surface area contributed by atoms with Gasteiger partial charge in [0, 0.05) is 43.7 Å². The van der Waals surface area contributed by atoms with Crippen molar-refractivity contribution in [1.82, 2.24) is 15.2 Å². The number of rotatable bonds is 5. The molecule has 126 valence electrons. The van der Waals surface area contributed by atoms with Crippen LogP contribution in [-0.4, -0.2) is 42.0 Å². The summed E-state index contributed by atoms with van der Waals surface area (Å²) in [7, 11) is 0. The SMILES string of the molecule is CCNC(=NCCCc1nc(C)cs1)N1CCCC(C)C1.I. The van der Waals surface area contributed by atoms with Gasteiger partial charge in [-0.2, -0.15) is 0 Å². The van der Waals surface area contributed by atoms with Crippen LogP contribution in [0, 0.1) is 12.8 Å². The second-order valence-corrected chi connectivity index (χ2v) is 6.86. The van der Waals surface area contributed by atoms with Gasteiger partial charge >= 0.3 is 0 Å².